The normalized spacial score (nSPS) is 16.3. The van der Waals surface area contributed by atoms with Crippen LogP contribution in [0.5, 0.6) is 0 Å². The van der Waals surface area contributed by atoms with Crippen molar-refractivity contribution in [1.29, 1.82) is 0 Å². The second-order valence-corrected chi connectivity index (χ2v) is 8.22. The Hall–Kier alpha value is -3.68. The molecule has 0 saturated carbocycles. The van der Waals surface area contributed by atoms with Crippen LogP contribution >= 0.6 is 0 Å². The summed E-state index contributed by atoms with van der Waals surface area (Å²) >= 11 is 0. The highest BCUT2D eigenvalue weighted by molar-refractivity contribution is 5.99. The molecule has 5 rings (SSSR count). The summed E-state index contributed by atoms with van der Waals surface area (Å²) in [4.78, 5) is 36.5. The molecule has 8 heteroatoms. The van der Waals surface area contributed by atoms with E-state index in [0.29, 0.717) is 30.7 Å². The Bertz CT molecular complexity index is 1290. The van der Waals surface area contributed by atoms with Crippen LogP contribution in [0.2, 0.25) is 0 Å². The monoisotopic (exact) mass is 416 g/mol. The standard InChI is InChI=1S/C23H24N6O2/c1-27(2)23(31)18-13-26-29-20(7-9-24-22(18)29)15-8-10-28(14-15)21(30)11-16-12-25-19-6-4-3-5-17(16)19/h3-7,9,12-13,15,25H,8,10-11,14H2,1-2H3. The van der Waals surface area contributed by atoms with E-state index in [1.807, 2.05) is 41.4 Å². The zero-order valence-corrected chi connectivity index (χ0v) is 17.6. The van der Waals surface area contributed by atoms with Crippen LogP contribution in [0.4, 0.5) is 0 Å². The van der Waals surface area contributed by atoms with Crippen molar-refractivity contribution in [3.05, 3.63) is 65.7 Å². The quantitative estimate of drug-likeness (QED) is 0.554. The maximum Gasteiger partial charge on any atom is 0.258 e. The van der Waals surface area contributed by atoms with Crippen LogP contribution < -0.4 is 0 Å². The van der Waals surface area contributed by atoms with Crippen LogP contribution in [0.1, 0.15) is 34.0 Å². The van der Waals surface area contributed by atoms with E-state index < -0.39 is 0 Å². The van der Waals surface area contributed by atoms with Gasteiger partial charge in [-0.15, -0.1) is 0 Å². The number of nitrogens with one attached hydrogen (secondary N) is 1. The van der Waals surface area contributed by atoms with E-state index in [-0.39, 0.29) is 17.7 Å². The lowest BCUT2D eigenvalue weighted by molar-refractivity contribution is -0.129. The van der Waals surface area contributed by atoms with Crippen molar-refractivity contribution in [3.8, 4) is 0 Å². The highest BCUT2D eigenvalue weighted by Crippen LogP contribution is 2.29. The number of rotatable bonds is 4. The fourth-order valence-corrected chi connectivity index (χ4v) is 4.39. The van der Waals surface area contributed by atoms with E-state index in [1.165, 1.54) is 4.90 Å². The lowest BCUT2D eigenvalue weighted by atomic mass is 10.0. The SMILES string of the molecule is CN(C)C(=O)c1cnn2c(C3CCN(C(=O)Cc4c[nH]c5ccccc45)C3)ccnc12. The molecule has 4 heterocycles. The topological polar surface area (TPSA) is 86.6 Å². The molecule has 1 unspecified atom stereocenters. The van der Waals surface area contributed by atoms with E-state index in [1.54, 1.807) is 31.0 Å². The van der Waals surface area contributed by atoms with Crippen molar-refractivity contribution in [3.63, 3.8) is 0 Å². The fourth-order valence-electron chi connectivity index (χ4n) is 4.39. The summed E-state index contributed by atoms with van der Waals surface area (Å²) in [5.41, 5.74) is 4.09. The average molecular weight is 416 g/mol. The number of H-pyrrole nitrogens is 1. The van der Waals surface area contributed by atoms with E-state index in [4.69, 9.17) is 0 Å². The molecule has 8 nitrogen and oxygen atoms in total. The Morgan fingerprint density at radius 3 is 2.90 bits per heavy atom. The summed E-state index contributed by atoms with van der Waals surface area (Å²) in [6.45, 7) is 1.34. The first-order valence-corrected chi connectivity index (χ1v) is 10.4. The van der Waals surface area contributed by atoms with Gasteiger partial charge in [0.1, 0.15) is 5.56 Å². The van der Waals surface area contributed by atoms with Crippen LogP contribution in [0.25, 0.3) is 16.6 Å². The summed E-state index contributed by atoms with van der Waals surface area (Å²) < 4.78 is 1.75. The summed E-state index contributed by atoms with van der Waals surface area (Å²) in [5.74, 6) is 0.155. The van der Waals surface area contributed by atoms with Crippen molar-refractivity contribution in [1.82, 2.24) is 29.4 Å². The van der Waals surface area contributed by atoms with Crippen LogP contribution in [-0.2, 0) is 11.2 Å². The molecule has 1 N–H and O–H groups in total. The van der Waals surface area contributed by atoms with E-state index in [0.717, 1.165) is 28.6 Å². The van der Waals surface area contributed by atoms with Crippen LogP contribution in [-0.4, -0.2) is 68.4 Å². The third-order valence-corrected chi connectivity index (χ3v) is 6.04. The molecule has 31 heavy (non-hydrogen) atoms. The number of hydrogen-bond donors (Lipinski definition) is 1. The third-order valence-electron chi connectivity index (χ3n) is 6.04. The molecule has 1 aliphatic heterocycles. The second kappa shape index (κ2) is 7.54. The lowest BCUT2D eigenvalue weighted by Crippen LogP contribution is -2.30. The van der Waals surface area contributed by atoms with Gasteiger partial charge in [-0.1, -0.05) is 18.2 Å². The van der Waals surface area contributed by atoms with Crippen LogP contribution in [0, 0.1) is 0 Å². The maximum atomic E-state index is 13.0. The molecule has 0 bridgehead atoms. The van der Waals surface area contributed by atoms with E-state index >= 15 is 0 Å². The molecule has 1 atom stereocenters. The van der Waals surface area contributed by atoms with Gasteiger partial charge in [-0.25, -0.2) is 9.50 Å². The van der Waals surface area contributed by atoms with Gasteiger partial charge < -0.3 is 14.8 Å². The number of aromatic amines is 1. The maximum absolute atomic E-state index is 13.0. The third kappa shape index (κ3) is 3.34. The zero-order valence-electron chi connectivity index (χ0n) is 17.6. The van der Waals surface area contributed by atoms with Crippen LogP contribution in [0.3, 0.4) is 0 Å². The van der Waals surface area contributed by atoms with Gasteiger partial charge >= 0.3 is 0 Å². The minimum absolute atomic E-state index is 0.124. The van der Waals surface area contributed by atoms with Gasteiger partial charge in [0.25, 0.3) is 5.91 Å². The molecule has 1 aromatic carbocycles. The van der Waals surface area contributed by atoms with Gasteiger partial charge in [-0.2, -0.15) is 5.10 Å². The predicted molar refractivity (Wildman–Crippen MR) is 117 cm³/mol. The number of para-hydroxylation sites is 1. The second-order valence-electron chi connectivity index (χ2n) is 8.22. The number of hydrogen-bond acceptors (Lipinski definition) is 4. The van der Waals surface area contributed by atoms with Crippen LogP contribution in [0.15, 0.2) is 48.9 Å². The first-order valence-electron chi connectivity index (χ1n) is 10.4. The Kier molecular flexibility index (Phi) is 4.69. The zero-order chi connectivity index (χ0) is 21.5. The van der Waals surface area contributed by atoms with Crippen molar-refractivity contribution < 1.29 is 9.59 Å². The molecule has 0 aliphatic carbocycles. The molecule has 0 radical (unpaired) electrons. The summed E-state index contributed by atoms with van der Waals surface area (Å²) in [6, 6.07) is 9.96. The van der Waals surface area contributed by atoms with E-state index in [9.17, 15) is 9.59 Å². The number of fused-ring (bicyclic) bond motifs is 2. The van der Waals surface area contributed by atoms with Gasteiger partial charge in [0.15, 0.2) is 5.65 Å². The molecule has 2 amide bonds. The number of carbonyl (C=O) groups excluding carboxylic acids is 2. The molecule has 4 aromatic rings. The molecular formula is C23H24N6O2. The Labute approximate surface area is 179 Å². The Morgan fingerprint density at radius 1 is 1.23 bits per heavy atom. The lowest BCUT2D eigenvalue weighted by Gasteiger charge is -2.17. The fraction of sp³-hybridized carbons (Fsp3) is 0.304. The molecule has 1 aliphatic rings. The number of amides is 2. The first kappa shape index (κ1) is 19.3. The van der Waals surface area contributed by atoms with Crippen molar-refractivity contribution >= 4 is 28.4 Å². The molecule has 3 aromatic heterocycles. The minimum Gasteiger partial charge on any atom is -0.361 e. The molecule has 1 saturated heterocycles. The number of likely N-dealkylation sites (tertiary alicyclic amines) is 1. The molecule has 1 fully saturated rings. The average Bonchev–Trinajstić information content (AvgIpc) is 3.51. The van der Waals surface area contributed by atoms with Crippen molar-refractivity contribution in [2.45, 2.75) is 18.8 Å². The predicted octanol–water partition coefficient (Wildman–Crippen LogP) is 2.47. The summed E-state index contributed by atoms with van der Waals surface area (Å²) in [7, 11) is 3.42. The van der Waals surface area contributed by atoms with Gasteiger partial charge in [0, 0.05) is 56.4 Å². The number of aromatic nitrogens is 4. The van der Waals surface area contributed by atoms with Gasteiger partial charge in [-0.3, -0.25) is 9.59 Å². The Morgan fingerprint density at radius 2 is 2.06 bits per heavy atom. The number of carbonyl (C=O) groups is 2. The smallest absolute Gasteiger partial charge is 0.258 e. The largest absolute Gasteiger partial charge is 0.361 e. The highest BCUT2D eigenvalue weighted by Gasteiger charge is 2.30. The van der Waals surface area contributed by atoms with Gasteiger partial charge in [-0.05, 0) is 24.1 Å². The van der Waals surface area contributed by atoms with Gasteiger partial charge in [0.05, 0.1) is 18.3 Å². The van der Waals surface area contributed by atoms with Crippen molar-refractivity contribution in [2.24, 2.45) is 0 Å². The Balaban J connectivity index is 1.35. The van der Waals surface area contributed by atoms with E-state index in [2.05, 4.69) is 15.1 Å². The molecular weight excluding hydrogens is 392 g/mol. The van der Waals surface area contributed by atoms with Gasteiger partial charge in [0.2, 0.25) is 5.91 Å². The first-order chi connectivity index (χ1) is 15.0. The minimum atomic E-state index is -0.124. The summed E-state index contributed by atoms with van der Waals surface area (Å²) in [5, 5.41) is 5.53. The number of benzene rings is 1. The highest BCUT2D eigenvalue weighted by atomic mass is 16.2. The molecule has 0 spiro atoms. The number of nitrogens with zero attached hydrogens (tertiary/aromatic N) is 5. The van der Waals surface area contributed by atoms with Crippen molar-refractivity contribution in [2.75, 3.05) is 27.2 Å². The molecule has 158 valence electrons. The summed E-state index contributed by atoms with van der Waals surface area (Å²) in [6.07, 6.45) is 6.45.